The van der Waals surface area contributed by atoms with Crippen LogP contribution in [0.25, 0.3) is 0 Å². The van der Waals surface area contributed by atoms with Gasteiger partial charge in [-0.1, -0.05) is 34.1 Å². The molecule has 0 aliphatic rings. The maximum absolute atomic E-state index is 7.47. The molecule has 0 aromatic rings. The quantitative estimate of drug-likeness (QED) is 0.369. The lowest BCUT2D eigenvalue weighted by molar-refractivity contribution is 0.0488. The zero-order chi connectivity index (χ0) is 13.5. The van der Waals surface area contributed by atoms with E-state index in [-0.39, 0.29) is 11.3 Å². The van der Waals surface area contributed by atoms with Gasteiger partial charge in [-0.25, -0.2) is 0 Å². The molecule has 0 fully saturated rings. The molecular weight excluding hydrogens is 212 g/mol. The van der Waals surface area contributed by atoms with Crippen LogP contribution in [0.15, 0.2) is 0 Å². The molecule has 1 atom stereocenters. The molecule has 0 rings (SSSR count). The number of ether oxygens (including phenoxy) is 1. The summed E-state index contributed by atoms with van der Waals surface area (Å²) < 4.78 is 5.74. The van der Waals surface area contributed by atoms with Gasteiger partial charge in [0.15, 0.2) is 0 Å². The van der Waals surface area contributed by atoms with Crippen LogP contribution in [0.2, 0.25) is 0 Å². The monoisotopic (exact) mass is 242 g/mol. The fourth-order valence-corrected chi connectivity index (χ4v) is 1.82. The number of amidine groups is 1. The van der Waals surface area contributed by atoms with Gasteiger partial charge < -0.3 is 10.5 Å². The lowest BCUT2D eigenvalue weighted by Crippen LogP contribution is -2.30. The molecule has 3 N–H and O–H groups in total. The predicted octanol–water partition coefficient (Wildman–Crippen LogP) is 3.57. The fourth-order valence-electron chi connectivity index (χ4n) is 1.82. The minimum absolute atomic E-state index is 0.163. The number of unbranched alkanes of at least 4 members (excludes halogenated alkanes) is 1. The minimum Gasteiger partial charge on any atom is -0.387 e. The van der Waals surface area contributed by atoms with Crippen LogP contribution in [0, 0.1) is 16.7 Å². The van der Waals surface area contributed by atoms with Crippen LogP contribution in [0.5, 0.6) is 0 Å². The van der Waals surface area contributed by atoms with Crippen LogP contribution in [0.4, 0.5) is 0 Å². The maximum atomic E-state index is 7.47. The Hall–Kier alpha value is -0.570. The Morgan fingerprint density at radius 1 is 1.24 bits per heavy atom. The molecule has 1 unspecified atom stereocenters. The summed E-state index contributed by atoms with van der Waals surface area (Å²) in [6, 6.07) is 0. The van der Waals surface area contributed by atoms with Gasteiger partial charge in [-0.05, 0) is 32.1 Å². The number of nitrogens with one attached hydrogen (secondary N) is 1. The zero-order valence-electron chi connectivity index (χ0n) is 12.2. The molecule has 0 radical (unpaired) electrons. The Balaban J connectivity index is 3.56. The summed E-state index contributed by atoms with van der Waals surface area (Å²) in [4.78, 5) is 0. The molecule has 0 aromatic heterocycles. The second-order valence-corrected chi connectivity index (χ2v) is 6.07. The first kappa shape index (κ1) is 16.4. The molecule has 0 aromatic carbocycles. The Morgan fingerprint density at radius 3 is 2.29 bits per heavy atom. The van der Waals surface area contributed by atoms with Gasteiger partial charge in [-0.15, -0.1) is 0 Å². The maximum Gasteiger partial charge on any atom is 0.0963 e. The van der Waals surface area contributed by atoms with Crippen molar-refractivity contribution >= 4 is 5.84 Å². The third-order valence-electron chi connectivity index (χ3n) is 3.13. The highest BCUT2D eigenvalue weighted by atomic mass is 16.5. The van der Waals surface area contributed by atoms with E-state index in [4.69, 9.17) is 15.9 Å². The molecule has 3 heteroatoms. The molecule has 17 heavy (non-hydrogen) atoms. The highest BCUT2D eigenvalue weighted by molar-refractivity contribution is 5.82. The molecule has 0 aliphatic heterocycles. The Kier molecular flexibility index (Phi) is 7.44. The molecule has 3 nitrogen and oxygen atoms in total. The van der Waals surface area contributed by atoms with Crippen molar-refractivity contribution in [3.63, 3.8) is 0 Å². The van der Waals surface area contributed by atoms with E-state index in [1.807, 2.05) is 13.8 Å². The highest BCUT2D eigenvalue weighted by Crippen LogP contribution is 2.22. The predicted molar refractivity (Wildman–Crippen MR) is 74.4 cm³/mol. The molecule has 0 saturated carbocycles. The number of rotatable bonds is 9. The summed E-state index contributed by atoms with van der Waals surface area (Å²) in [7, 11) is 0. The highest BCUT2D eigenvalue weighted by Gasteiger charge is 2.20. The van der Waals surface area contributed by atoms with Crippen LogP contribution in [0.1, 0.15) is 60.3 Å². The molecule has 102 valence electrons. The van der Waals surface area contributed by atoms with Gasteiger partial charge in [0.25, 0.3) is 0 Å². The minimum atomic E-state index is -0.163. The largest absolute Gasteiger partial charge is 0.387 e. The molecule has 0 heterocycles. The van der Waals surface area contributed by atoms with E-state index >= 15 is 0 Å². The van der Waals surface area contributed by atoms with E-state index in [0.29, 0.717) is 12.0 Å². The van der Waals surface area contributed by atoms with Crippen molar-refractivity contribution in [3.8, 4) is 0 Å². The second-order valence-electron chi connectivity index (χ2n) is 6.07. The van der Waals surface area contributed by atoms with Gasteiger partial charge >= 0.3 is 0 Å². The standard InChI is InChI=1S/C14H30N2O/c1-11(2)10-12(3)17-9-7-6-8-14(4,5)13(15)16/h11-12H,6-10H2,1-5H3,(H3,15,16). The van der Waals surface area contributed by atoms with Gasteiger partial charge in [0.2, 0.25) is 0 Å². The third kappa shape index (κ3) is 8.19. The first-order valence-electron chi connectivity index (χ1n) is 6.72. The van der Waals surface area contributed by atoms with Crippen molar-refractivity contribution in [2.24, 2.45) is 17.1 Å². The Bertz CT molecular complexity index is 224. The normalized spacial score (nSPS) is 14.0. The van der Waals surface area contributed by atoms with Crippen LogP contribution in [0.3, 0.4) is 0 Å². The topological polar surface area (TPSA) is 59.1 Å². The van der Waals surface area contributed by atoms with Gasteiger partial charge in [-0.2, -0.15) is 0 Å². The van der Waals surface area contributed by atoms with E-state index in [1.165, 1.54) is 0 Å². The van der Waals surface area contributed by atoms with E-state index in [0.717, 1.165) is 32.3 Å². The van der Waals surface area contributed by atoms with E-state index < -0.39 is 0 Å². The van der Waals surface area contributed by atoms with Crippen molar-refractivity contribution in [1.29, 1.82) is 5.41 Å². The molecule has 0 bridgehead atoms. The molecular formula is C14H30N2O. The van der Waals surface area contributed by atoms with Crippen molar-refractivity contribution in [2.75, 3.05) is 6.61 Å². The van der Waals surface area contributed by atoms with Gasteiger partial charge in [0.1, 0.15) is 0 Å². The summed E-state index contributed by atoms with van der Waals surface area (Å²) in [6.45, 7) is 11.4. The van der Waals surface area contributed by atoms with Crippen molar-refractivity contribution in [2.45, 2.75) is 66.4 Å². The first-order valence-corrected chi connectivity index (χ1v) is 6.72. The summed E-state index contributed by atoms with van der Waals surface area (Å²) >= 11 is 0. The number of nitrogens with two attached hydrogens (primary N) is 1. The zero-order valence-corrected chi connectivity index (χ0v) is 12.2. The van der Waals surface area contributed by atoms with E-state index in [9.17, 15) is 0 Å². The SMILES string of the molecule is CC(C)CC(C)OCCCCC(C)(C)C(=N)N. The Labute approximate surface area is 107 Å². The number of hydrogen-bond acceptors (Lipinski definition) is 2. The third-order valence-corrected chi connectivity index (χ3v) is 3.13. The lowest BCUT2D eigenvalue weighted by Gasteiger charge is -2.22. The second kappa shape index (κ2) is 7.70. The molecule has 0 spiro atoms. The summed E-state index contributed by atoms with van der Waals surface area (Å²) in [6.07, 6.45) is 4.57. The molecule has 0 amide bonds. The summed E-state index contributed by atoms with van der Waals surface area (Å²) in [5.74, 6) is 0.980. The average molecular weight is 242 g/mol. The number of hydrogen-bond donors (Lipinski definition) is 2. The average Bonchev–Trinajstić information content (AvgIpc) is 2.15. The smallest absolute Gasteiger partial charge is 0.0963 e. The summed E-state index contributed by atoms with van der Waals surface area (Å²) in [5, 5.41) is 7.47. The fraction of sp³-hybridized carbons (Fsp3) is 0.929. The summed E-state index contributed by atoms with van der Waals surface area (Å²) in [5.41, 5.74) is 5.38. The van der Waals surface area contributed by atoms with Crippen LogP contribution in [-0.2, 0) is 4.74 Å². The van der Waals surface area contributed by atoms with Crippen molar-refractivity contribution in [3.05, 3.63) is 0 Å². The molecule has 0 aliphatic carbocycles. The first-order chi connectivity index (χ1) is 7.75. The van der Waals surface area contributed by atoms with Crippen LogP contribution >= 0.6 is 0 Å². The van der Waals surface area contributed by atoms with E-state index in [2.05, 4.69) is 20.8 Å². The van der Waals surface area contributed by atoms with Crippen molar-refractivity contribution in [1.82, 2.24) is 0 Å². The van der Waals surface area contributed by atoms with E-state index in [1.54, 1.807) is 0 Å². The lowest BCUT2D eigenvalue weighted by atomic mass is 9.86. The van der Waals surface area contributed by atoms with Crippen LogP contribution in [-0.4, -0.2) is 18.5 Å². The Morgan fingerprint density at radius 2 is 1.82 bits per heavy atom. The van der Waals surface area contributed by atoms with Crippen LogP contribution < -0.4 is 5.73 Å². The van der Waals surface area contributed by atoms with Gasteiger partial charge in [-0.3, -0.25) is 5.41 Å². The van der Waals surface area contributed by atoms with Gasteiger partial charge in [0, 0.05) is 12.0 Å². The molecule has 0 saturated heterocycles. The van der Waals surface area contributed by atoms with Crippen molar-refractivity contribution < 1.29 is 4.74 Å². The van der Waals surface area contributed by atoms with Gasteiger partial charge in [0.05, 0.1) is 11.9 Å².